The van der Waals surface area contributed by atoms with Crippen molar-refractivity contribution in [3.8, 4) is 11.3 Å². The highest BCUT2D eigenvalue weighted by Crippen LogP contribution is 2.34. The van der Waals surface area contributed by atoms with Crippen LogP contribution in [0.4, 0.5) is 4.39 Å². The number of hydrogen-bond donors (Lipinski definition) is 0. The van der Waals surface area contributed by atoms with E-state index in [4.69, 9.17) is 0 Å². The van der Waals surface area contributed by atoms with Gasteiger partial charge in [-0.05, 0) is 33.7 Å². The molecule has 0 saturated carbocycles. The zero-order valence-electron chi connectivity index (χ0n) is 12.3. The van der Waals surface area contributed by atoms with Crippen LogP contribution in [0.2, 0.25) is 0 Å². The first-order chi connectivity index (χ1) is 10.8. The fraction of sp³-hybridized carbons (Fsp3) is 0.0500. The first kappa shape index (κ1) is 13.0. The van der Waals surface area contributed by atoms with Crippen molar-refractivity contribution in [1.29, 1.82) is 0 Å². The third kappa shape index (κ3) is 1.88. The fourth-order valence-corrected chi connectivity index (χ4v) is 3.10. The predicted octanol–water partition coefficient (Wildman–Crippen LogP) is 4.62. The average molecular weight is 288 g/mol. The number of nitrogens with zero attached hydrogens (tertiary/aromatic N) is 1. The van der Waals surface area contributed by atoms with Gasteiger partial charge < -0.3 is 0 Å². The highest BCUT2D eigenvalue weighted by Gasteiger charge is 2.19. The lowest BCUT2D eigenvalue weighted by atomic mass is 9.94. The first-order valence-corrected chi connectivity index (χ1v) is 7.31. The summed E-state index contributed by atoms with van der Waals surface area (Å²) in [5, 5.41) is 4.62. The molecule has 0 aliphatic rings. The highest BCUT2D eigenvalue weighted by molar-refractivity contribution is 6.11. The van der Waals surface area contributed by atoms with Crippen molar-refractivity contribution >= 4 is 21.5 Å². The quantitative estimate of drug-likeness (QED) is 0.273. The molecule has 1 aromatic heterocycles. The Balaban J connectivity index is 2.24. The largest absolute Gasteiger partial charge is 0.359 e. The maximum absolute atomic E-state index is 14.0. The summed E-state index contributed by atoms with van der Waals surface area (Å²) in [5.74, 6) is -0.241. The molecule has 1 nitrogen and oxygen atoms in total. The molecule has 0 aliphatic heterocycles. The zero-order chi connectivity index (χ0) is 15.1. The third-order valence-electron chi connectivity index (χ3n) is 4.20. The number of rotatable bonds is 1. The molecule has 0 bridgehead atoms. The molecule has 0 spiro atoms. The maximum Gasteiger partial charge on any atom is 0.359 e. The Bertz CT molecular complexity index is 951. The standard InChI is InChI=1S/C20H15FN/c1-22-18(11-6-12-19(22)21)20-16-9-4-2-7-14(16)13-15-8-3-5-10-17(15)20/h2-13H,1H3/q+1. The molecule has 0 saturated heterocycles. The minimum absolute atomic E-state index is 0.241. The van der Waals surface area contributed by atoms with E-state index >= 15 is 0 Å². The summed E-state index contributed by atoms with van der Waals surface area (Å²) in [4.78, 5) is 0. The Morgan fingerprint density at radius 1 is 0.727 bits per heavy atom. The average Bonchev–Trinajstić information content (AvgIpc) is 2.55. The Labute approximate surface area is 128 Å². The van der Waals surface area contributed by atoms with E-state index in [-0.39, 0.29) is 5.95 Å². The lowest BCUT2D eigenvalue weighted by Crippen LogP contribution is -2.35. The van der Waals surface area contributed by atoms with Gasteiger partial charge >= 0.3 is 5.95 Å². The van der Waals surface area contributed by atoms with Gasteiger partial charge in [0.15, 0.2) is 0 Å². The van der Waals surface area contributed by atoms with E-state index in [1.54, 1.807) is 17.7 Å². The lowest BCUT2D eigenvalue weighted by Gasteiger charge is -2.10. The van der Waals surface area contributed by atoms with Gasteiger partial charge in [0, 0.05) is 12.1 Å². The molecule has 0 N–H and O–H groups in total. The summed E-state index contributed by atoms with van der Waals surface area (Å²) >= 11 is 0. The molecule has 0 unspecified atom stereocenters. The zero-order valence-corrected chi connectivity index (χ0v) is 12.3. The van der Waals surface area contributed by atoms with Crippen molar-refractivity contribution in [2.24, 2.45) is 7.05 Å². The van der Waals surface area contributed by atoms with E-state index in [1.807, 2.05) is 30.3 Å². The summed E-state index contributed by atoms with van der Waals surface area (Å²) in [5.41, 5.74) is 1.96. The molecule has 2 heteroatoms. The Morgan fingerprint density at radius 3 is 1.95 bits per heavy atom. The molecule has 3 aromatic carbocycles. The molecule has 0 fully saturated rings. The summed E-state index contributed by atoms with van der Waals surface area (Å²) in [6, 6.07) is 23.9. The number of benzene rings is 3. The first-order valence-electron chi connectivity index (χ1n) is 7.31. The number of fused-ring (bicyclic) bond motifs is 2. The SMILES string of the molecule is C[n+]1c(F)cccc1-c1c2ccccc2cc2ccccc12. The van der Waals surface area contributed by atoms with E-state index in [0.717, 1.165) is 22.0 Å². The highest BCUT2D eigenvalue weighted by atomic mass is 19.1. The molecule has 4 rings (SSSR count). The van der Waals surface area contributed by atoms with E-state index in [9.17, 15) is 4.39 Å². The second kappa shape index (κ2) is 4.92. The van der Waals surface area contributed by atoms with Crippen LogP contribution in [0.1, 0.15) is 0 Å². The van der Waals surface area contributed by atoms with Gasteiger partial charge in [-0.2, -0.15) is 4.57 Å². The van der Waals surface area contributed by atoms with Gasteiger partial charge in [0.2, 0.25) is 5.69 Å². The van der Waals surface area contributed by atoms with Crippen LogP contribution >= 0.6 is 0 Å². The fourth-order valence-electron chi connectivity index (χ4n) is 3.10. The van der Waals surface area contributed by atoms with Crippen LogP contribution in [0, 0.1) is 5.95 Å². The van der Waals surface area contributed by atoms with Crippen molar-refractivity contribution in [3.63, 3.8) is 0 Å². The van der Waals surface area contributed by atoms with Crippen LogP contribution in [-0.4, -0.2) is 0 Å². The van der Waals surface area contributed by atoms with Crippen molar-refractivity contribution in [2.75, 3.05) is 0 Å². The van der Waals surface area contributed by atoms with Gasteiger partial charge in [-0.1, -0.05) is 48.5 Å². The number of hydrogen-bond acceptors (Lipinski definition) is 0. The molecule has 1 heterocycles. The Hall–Kier alpha value is -2.74. The molecular formula is C20H15FN+. The van der Waals surface area contributed by atoms with Crippen LogP contribution in [0.5, 0.6) is 0 Å². The lowest BCUT2D eigenvalue weighted by molar-refractivity contribution is -0.689. The second-order valence-corrected chi connectivity index (χ2v) is 5.49. The van der Waals surface area contributed by atoms with Gasteiger partial charge in [-0.3, -0.25) is 0 Å². The molecule has 0 aliphatic carbocycles. The van der Waals surface area contributed by atoms with Crippen LogP contribution in [-0.2, 0) is 7.05 Å². The van der Waals surface area contributed by atoms with Crippen molar-refractivity contribution in [1.82, 2.24) is 0 Å². The molecular weight excluding hydrogens is 273 g/mol. The summed E-state index contributed by atoms with van der Waals surface area (Å²) < 4.78 is 15.6. The topological polar surface area (TPSA) is 3.88 Å². The molecule has 0 atom stereocenters. The predicted molar refractivity (Wildman–Crippen MR) is 88.0 cm³/mol. The second-order valence-electron chi connectivity index (χ2n) is 5.49. The van der Waals surface area contributed by atoms with E-state index in [1.165, 1.54) is 16.8 Å². The van der Waals surface area contributed by atoms with Gasteiger partial charge in [-0.25, -0.2) is 0 Å². The van der Waals surface area contributed by atoms with Gasteiger partial charge in [-0.15, -0.1) is 4.39 Å². The molecule has 4 aromatic rings. The van der Waals surface area contributed by atoms with Crippen LogP contribution in [0.3, 0.4) is 0 Å². The van der Waals surface area contributed by atoms with Crippen LogP contribution in [0.15, 0.2) is 72.8 Å². The van der Waals surface area contributed by atoms with Gasteiger partial charge in [0.25, 0.3) is 0 Å². The number of aromatic nitrogens is 1. The van der Waals surface area contributed by atoms with Gasteiger partial charge in [0.1, 0.15) is 7.05 Å². The van der Waals surface area contributed by atoms with E-state index < -0.39 is 0 Å². The molecule has 0 amide bonds. The molecule has 106 valence electrons. The smallest absolute Gasteiger partial charge is 0.169 e. The van der Waals surface area contributed by atoms with E-state index in [0.29, 0.717) is 0 Å². The van der Waals surface area contributed by atoms with Gasteiger partial charge in [0.05, 0.1) is 5.56 Å². The maximum atomic E-state index is 14.0. The summed E-state index contributed by atoms with van der Waals surface area (Å²) in [7, 11) is 1.77. The minimum Gasteiger partial charge on any atom is -0.169 e. The van der Waals surface area contributed by atoms with Crippen LogP contribution in [0.25, 0.3) is 32.8 Å². The van der Waals surface area contributed by atoms with E-state index in [2.05, 4.69) is 30.3 Å². The van der Waals surface area contributed by atoms with Crippen molar-refractivity contribution in [2.45, 2.75) is 0 Å². The summed E-state index contributed by atoms with van der Waals surface area (Å²) in [6.07, 6.45) is 0. The van der Waals surface area contributed by atoms with Crippen molar-refractivity contribution in [3.05, 3.63) is 78.7 Å². The van der Waals surface area contributed by atoms with Crippen LogP contribution < -0.4 is 4.57 Å². The minimum atomic E-state index is -0.241. The normalized spacial score (nSPS) is 11.2. The monoisotopic (exact) mass is 288 g/mol. The Kier molecular flexibility index (Phi) is 2.90. The molecule has 22 heavy (non-hydrogen) atoms. The molecule has 0 radical (unpaired) electrons. The summed E-state index contributed by atoms with van der Waals surface area (Å²) in [6.45, 7) is 0. The Morgan fingerprint density at radius 2 is 1.32 bits per heavy atom. The third-order valence-corrected chi connectivity index (χ3v) is 4.20. The van der Waals surface area contributed by atoms with Crippen molar-refractivity contribution < 1.29 is 8.96 Å². The number of halogens is 1. The number of pyridine rings is 1.